The third kappa shape index (κ3) is 2.53. The summed E-state index contributed by atoms with van der Waals surface area (Å²) in [5.41, 5.74) is 1.70. The Morgan fingerprint density at radius 1 is 1.29 bits per heavy atom. The van der Waals surface area contributed by atoms with Crippen LogP contribution in [-0.2, 0) is 9.53 Å². The molecule has 2 heterocycles. The van der Waals surface area contributed by atoms with Crippen molar-refractivity contribution in [2.45, 2.75) is 19.0 Å². The minimum absolute atomic E-state index is 0.0611. The summed E-state index contributed by atoms with van der Waals surface area (Å²) in [5, 5.41) is 0. The van der Waals surface area contributed by atoms with Crippen molar-refractivity contribution in [1.82, 2.24) is 4.90 Å². The maximum Gasteiger partial charge on any atom is 0.339 e. The number of aliphatic imine (C=N–C) groups is 1. The fourth-order valence-electron chi connectivity index (χ4n) is 2.60. The Morgan fingerprint density at radius 2 is 2.00 bits per heavy atom. The van der Waals surface area contributed by atoms with Gasteiger partial charge in [0, 0.05) is 10.7 Å². The van der Waals surface area contributed by atoms with E-state index in [-0.39, 0.29) is 18.1 Å². The first kappa shape index (κ1) is 14.1. The highest BCUT2D eigenvalue weighted by Gasteiger charge is 2.33. The van der Waals surface area contributed by atoms with Crippen LogP contribution in [0.25, 0.3) is 0 Å². The van der Waals surface area contributed by atoms with Crippen LogP contribution < -0.4 is 0 Å². The Bertz CT molecular complexity index is 661. The number of rotatable bonds is 2. The van der Waals surface area contributed by atoms with Crippen molar-refractivity contribution in [2.75, 3.05) is 7.11 Å². The van der Waals surface area contributed by atoms with Gasteiger partial charge >= 0.3 is 5.97 Å². The summed E-state index contributed by atoms with van der Waals surface area (Å²) in [6, 6.07) is 8.40. The second kappa shape index (κ2) is 5.48. The minimum Gasteiger partial charge on any atom is -0.465 e. The molecular weight excluding hydrogens is 332 g/mol. The second-order valence-electron chi connectivity index (χ2n) is 5.04. The number of carbonyl (C=O) groups is 1. The number of halogens is 1. The van der Waals surface area contributed by atoms with Crippen LogP contribution in [0, 0.1) is 0 Å². The van der Waals surface area contributed by atoms with Crippen molar-refractivity contribution in [3.05, 3.63) is 58.2 Å². The smallest absolute Gasteiger partial charge is 0.339 e. The molecule has 0 saturated heterocycles. The normalized spacial score (nSPS) is 23.5. The van der Waals surface area contributed by atoms with E-state index in [1.54, 1.807) is 6.08 Å². The maximum absolute atomic E-state index is 11.6. The average molecular weight is 347 g/mol. The first-order valence-corrected chi connectivity index (χ1v) is 7.49. The lowest BCUT2D eigenvalue weighted by Gasteiger charge is -2.25. The zero-order chi connectivity index (χ0) is 15.0. The van der Waals surface area contributed by atoms with Gasteiger partial charge in [-0.3, -0.25) is 4.99 Å². The fraction of sp³-hybridized carbons (Fsp3) is 0.250. The van der Waals surface area contributed by atoms with Crippen molar-refractivity contribution in [1.29, 1.82) is 0 Å². The van der Waals surface area contributed by atoms with Gasteiger partial charge in [-0.25, -0.2) is 4.79 Å². The molecule has 0 amide bonds. The molecule has 0 N–H and O–H groups in total. The summed E-state index contributed by atoms with van der Waals surface area (Å²) >= 11 is 3.44. The Hall–Kier alpha value is -1.88. The van der Waals surface area contributed by atoms with E-state index in [1.165, 1.54) is 7.11 Å². The van der Waals surface area contributed by atoms with Gasteiger partial charge in [-0.05, 0) is 36.8 Å². The van der Waals surface area contributed by atoms with Crippen molar-refractivity contribution < 1.29 is 9.53 Å². The van der Waals surface area contributed by atoms with Crippen LogP contribution in [0.3, 0.4) is 0 Å². The standard InChI is InChI=1S/C16H15BrN2O2/c1-10-15(11-3-6-13(17)7-4-11)18-14-8-5-12(9-19(10)14)16(20)21-2/h3-10,15H,1-2H3. The molecule has 0 bridgehead atoms. The molecule has 1 aromatic rings. The summed E-state index contributed by atoms with van der Waals surface area (Å²) in [7, 11) is 1.39. The Morgan fingerprint density at radius 3 is 2.67 bits per heavy atom. The molecule has 4 nitrogen and oxygen atoms in total. The molecule has 0 spiro atoms. The topological polar surface area (TPSA) is 41.9 Å². The van der Waals surface area contributed by atoms with Crippen molar-refractivity contribution in [3.8, 4) is 0 Å². The first-order valence-electron chi connectivity index (χ1n) is 6.70. The highest BCUT2D eigenvalue weighted by atomic mass is 79.9. The van der Waals surface area contributed by atoms with E-state index in [9.17, 15) is 4.79 Å². The molecule has 2 atom stereocenters. The van der Waals surface area contributed by atoms with Crippen LogP contribution in [0.5, 0.6) is 0 Å². The van der Waals surface area contributed by atoms with Gasteiger partial charge < -0.3 is 9.64 Å². The van der Waals surface area contributed by atoms with Crippen LogP contribution in [0.4, 0.5) is 0 Å². The highest BCUT2D eigenvalue weighted by Crippen LogP contribution is 2.34. The molecule has 21 heavy (non-hydrogen) atoms. The number of methoxy groups -OCH3 is 1. The third-order valence-corrected chi connectivity index (χ3v) is 4.28. The monoisotopic (exact) mass is 346 g/mol. The number of hydrogen-bond acceptors (Lipinski definition) is 4. The van der Waals surface area contributed by atoms with Crippen LogP contribution in [0.15, 0.2) is 57.7 Å². The van der Waals surface area contributed by atoms with Crippen molar-refractivity contribution >= 4 is 27.7 Å². The molecule has 0 aliphatic carbocycles. The molecule has 2 aliphatic rings. The van der Waals surface area contributed by atoms with Gasteiger partial charge in [-0.2, -0.15) is 0 Å². The van der Waals surface area contributed by atoms with E-state index in [0.29, 0.717) is 5.57 Å². The lowest BCUT2D eigenvalue weighted by atomic mass is 10.0. The first-order chi connectivity index (χ1) is 10.1. The molecule has 0 fully saturated rings. The van der Waals surface area contributed by atoms with E-state index in [0.717, 1.165) is 15.9 Å². The molecule has 2 aliphatic heterocycles. The van der Waals surface area contributed by atoms with Crippen molar-refractivity contribution in [3.63, 3.8) is 0 Å². The number of amidine groups is 1. The van der Waals surface area contributed by atoms with Crippen molar-refractivity contribution in [2.24, 2.45) is 4.99 Å². The molecule has 2 unspecified atom stereocenters. The number of esters is 1. The summed E-state index contributed by atoms with van der Waals surface area (Å²) in [4.78, 5) is 18.4. The summed E-state index contributed by atoms with van der Waals surface area (Å²) in [5.74, 6) is 0.549. The lowest BCUT2D eigenvalue weighted by Crippen LogP contribution is -2.32. The van der Waals surface area contributed by atoms with E-state index in [1.807, 2.05) is 29.3 Å². The quantitative estimate of drug-likeness (QED) is 0.772. The fourth-order valence-corrected chi connectivity index (χ4v) is 2.86. The number of carbonyl (C=O) groups excluding carboxylic acids is 1. The predicted molar refractivity (Wildman–Crippen MR) is 84.9 cm³/mol. The Kier molecular flexibility index (Phi) is 3.68. The van der Waals surface area contributed by atoms with Gasteiger partial charge in [0.2, 0.25) is 0 Å². The summed E-state index contributed by atoms with van der Waals surface area (Å²) < 4.78 is 5.82. The van der Waals surface area contributed by atoms with Gasteiger partial charge in [-0.15, -0.1) is 0 Å². The van der Waals surface area contributed by atoms with Gasteiger partial charge in [0.1, 0.15) is 5.84 Å². The SMILES string of the molecule is COC(=O)C1=CN2C(=NC(c3ccc(Br)cc3)C2C)C=C1. The summed E-state index contributed by atoms with van der Waals surface area (Å²) in [6.07, 6.45) is 5.42. The average Bonchev–Trinajstić information content (AvgIpc) is 2.84. The molecule has 0 radical (unpaired) electrons. The van der Waals surface area contributed by atoms with Crippen LogP contribution in [-0.4, -0.2) is 29.9 Å². The molecule has 0 saturated carbocycles. The molecule has 1 aromatic carbocycles. The van der Waals surface area contributed by atoms with Crippen LogP contribution in [0.1, 0.15) is 18.5 Å². The number of fused-ring (bicyclic) bond motifs is 1. The van der Waals surface area contributed by atoms with Gasteiger partial charge in [0.25, 0.3) is 0 Å². The van der Waals surface area contributed by atoms with Gasteiger partial charge in [-0.1, -0.05) is 28.1 Å². The molecule has 3 rings (SSSR count). The second-order valence-corrected chi connectivity index (χ2v) is 5.96. The van der Waals surface area contributed by atoms with E-state index < -0.39 is 0 Å². The van der Waals surface area contributed by atoms with E-state index >= 15 is 0 Å². The Labute approximate surface area is 131 Å². The number of nitrogens with zero attached hydrogens (tertiary/aromatic N) is 2. The lowest BCUT2D eigenvalue weighted by molar-refractivity contribution is -0.135. The third-order valence-electron chi connectivity index (χ3n) is 3.75. The van der Waals surface area contributed by atoms with Crippen LogP contribution in [0.2, 0.25) is 0 Å². The van der Waals surface area contributed by atoms with Gasteiger partial charge in [0.15, 0.2) is 0 Å². The number of ether oxygens (including phenoxy) is 1. The predicted octanol–water partition coefficient (Wildman–Crippen LogP) is 3.22. The molecule has 108 valence electrons. The van der Waals surface area contributed by atoms with Gasteiger partial charge in [0.05, 0.1) is 24.8 Å². The van der Waals surface area contributed by atoms with Crippen LogP contribution >= 0.6 is 15.9 Å². The Balaban J connectivity index is 1.89. The zero-order valence-corrected chi connectivity index (χ0v) is 13.4. The number of benzene rings is 1. The largest absolute Gasteiger partial charge is 0.465 e. The minimum atomic E-state index is -0.329. The molecular formula is C16H15BrN2O2. The maximum atomic E-state index is 11.6. The van der Waals surface area contributed by atoms with E-state index in [2.05, 4.69) is 35.0 Å². The highest BCUT2D eigenvalue weighted by molar-refractivity contribution is 9.10. The zero-order valence-electron chi connectivity index (χ0n) is 11.8. The molecule has 5 heteroatoms. The number of hydrogen-bond donors (Lipinski definition) is 0. The molecule has 0 aromatic heterocycles. The van der Waals surface area contributed by atoms with E-state index in [4.69, 9.17) is 9.73 Å². The summed E-state index contributed by atoms with van der Waals surface area (Å²) in [6.45, 7) is 2.10.